The van der Waals surface area contributed by atoms with Crippen molar-refractivity contribution in [3.63, 3.8) is 0 Å². The van der Waals surface area contributed by atoms with E-state index in [4.69, 9.17) is 11.6 Å². The molecule has 3 heteroatoms. The van der Waals surface area contributed by atoms with Gasteiger partial charge in [0.15, 0.2) is 0 Å². The Morgan fingerprint density at radius 3 is 2.67 bits per heavy atom. The quantitative estimate of drug-likeness (QED) is 0.732. The Balaban J connectivity index is 1.61. The maximum absolute atomic E-state index is 10.6. The van der Waals surface area contributed by atoms with Gasteiger partial charge >= 0.3 is 0 Å². The molecule has 2 aliphatic rings. The Hall–Kier alpha value is -0.0500. The number of benzene rings is 1. The molecule has 0 radical (unpaired) electrons. The van der Waals surface area contributed by atoms with Gasteiger partial charge in [0, 0.05) is 15.9 Å². The van der Waals surface area contributed by atoms with Crippen LogP contribution >= 0.6 is 27.5 Å². The molecular formula is C18H24BrClO. The number of aliphatic hydroxyl groups excluding tert-OH is 1. The predicted octanol–water partition coefficient (Wildman–Crippen LogP) is 5.61. The van der Waals surface area contributed by atoms with Crippen molar-refractivity contribution in [2.24, 2.45) is 17.8 Å². The van der Waals surface area contributed by atoms with Gasteiger partial charge in [-0.3, -0.25) is 0 Å². The molecule has 2 saturated carbocycles. The first kappa shape index (κ1) is 15.8. The molecule has 1 nitrogen and oxygen atoms in total. The zero-order valence-corrected chi connectivity index (χ0v) is 14.7. The Labute approximate surface area is 141 Å². The van der Waals surface area contributed by atoms with Gasteiger partial charge in [-0.25, -0.2) is 0 Å². The lowest BCUT2D eigenvalue weighted by atomic mass is 9.66. The van der Waals surface area contributed by atoms with Crippen LogP contribution in [-0.2, 0) is 6.42 Å². The van der Waals surface area contributed by atoms with Crippen LogP contribution in [0.2, 0.25) is 5.02 Å². The predicted molar refractivity (Wildman–Crippen MR) is 91.7 cm³/mol. The summed E-state index contributed by atoms with van der Waals surface area (Å²) in [4.78, 5) is 0. The van der Waals surface area contributed by atoms with E-state index >= 15 is 0 Å². The maximum atomic E-state index is 10.6. The lowest BCUT2D eigenvalue weighted by Crippen LogP contribution is -2.34. The van der Waals surface area contributed by atoms with Crippen molar-refractivity contribution in [1.82, 2.24) is 0 Å². The standard InChI is InChI=1S/C18H24BrClO/c19-16-8-7-14(17(20)11-16)10-18(21)15-6-5-12-3-1-2-4-13(12)9-15/h7-8,11-13,15,18,21H,1-6,9-10H2. The molecule has 116 valence electrons. The SMILES string of the molecule is OC(Cc1ccc(Br)cc1Cl)C1CCC2CCCCC2C1. The molecule has 0 amide bonds. The molecule has 2 aliphatic carbocycles. The Morgan fingerprint density at radius 2 is 1.90 bits per heavy atom. The monoisotopic (exact) mass is 370 g/mol. The summed E-state index contributed by atoms with van der Waals surface area (Å²) < 4.78 is 0.994. The van der Waals surface area contributed by atoms with Gasteiger partial charge in [-0.1, -0.05) is 59.3 Å². The molecule has 0 heterocycles. The van der Waals surface area contributed by atoms with Crippen LogP contribution < -0.4 is 0 Å². The van der Waals surface area contributed by atoms with Gasteiger partial charge in [0.05, 0.1) is 6.10 Å². The third-order valence-electron chi connectivity index (χ3n) is 5.57. The van der Waals surface area contributed by atoms with Crippen molar-refractivity contribution in [2.45, 2.75) is 57.5 Å². The smallest absolute Gasteiger partial charge is 0.0609 e. The summed E-state index contributed by atoms with van der Waals surface area (Å²) in [7, 11) is 0. The van der Waals surface area contributed by atoms with E-state index < -0.39 is 0 Å². The van der Waals surface area contributed by atoms with Gasteiger partial charge in [0.1, 0.15) is 0 Å². The molecule has 4 unspecified atom stereocenters. The van der Waals surface area contributed by atoms with E-state index in [-0.39, 0.29) is 6.10 Å². The summed E-state index contributed by atoms with van der Waals surface area (Å²) in [6.45, 7) is 0. The zero-order valence-electron chi connectivity index (χ0n) is 12.4. The fourth-order valence-corrected chi connectivity index (χ4v) is 5.09. The number of aliphatic hydroxyl groups is 1. The van der Waals surface area contributed by atoms with Crippen molar-refractivity contribution in [3.05, 3.63) is 33.3 Å². The summed E-state index contributed by atoms with van der Waals surface area (Å²) in [6, 6.07) is 5.95. The molecule has 1 aromatic rings. The van der Waals surface area contributed by atoms with Crippen LogP contribution in [0.1, 0.15) is 50.5 Å². The van der Waals surface area contributed by atoms with Gasteiger partial charge in [-0.15, -0.1) is 0 Å². The van der Waals surface area contributed by atoms with Crippen LogP contribution in [0.15, 0.2) is 22.7 Å². The highest BCUT2D eigenvalue weighted by Crippen LogP contribution is 2.44. The van der Waals surface area contributed by atoms with E-state index in [0.29, 0.717) is 12.3 Å². The van der Waals surface area contributed by atoms with E-state index in [1.165, 1.54) is 44.9 Å². The highest BCUT2D eigenvalue weighted by Gasteiger charge is 2.34. The van der Waals surface area contributed by atoms with E-state index in [2.05, 4.69) is 15.9 Å². The van der Waals surface area contributed by atoms with E-state index in [1.54, 1.807) is 0 Å². The van der Waals surface area contributed by atoms with E-state index in [9.17, 15) is 5.11 Å². The van der Waals surface area contributed by atoms with Gasteiger partial charge in [0.25, 0.3) is 0 Å². The molecule has 0 aliphatic heterocycles. The average Bonchev–Trinajstić information content (AvgIpc) is 2.49. The molecule has 1 aromatic carbocycles. The van der Waals surface area contributed by atoms with Crippen molar-refractivity contribution in [1.29, 1.82) is 0 Å². The lowest BCUT2D eigenvalue weighted by Gasteiger charge is -2.40. The number of fused-ring (bicyclic) bond motifs is 1. The van der Waals surface area contributed by atoms with Crippen LogP contribution in [0.25, 0.3) is 0 Å². The minimum absolute atomic E-state index is 0.244. The minimum Gasteiger partial charge on any atom is -0.392 e. The van der Waals surface area contributed by atoms with Gasteiger partial charge in [-0.05, 0) is 54.7 Å². The maximum Gasteiger partial charge on any atom is 0.0609 e. The first-order valence-corrected chi connectivity index (χ1v) is 9.42. The van der Waals surface area contributed by atoms with Crippen LogP contribution in [0.4, 0.5) is 0 Å². The average molecular weight is 372 g/mol. The lowest BCUT2D eigenvalue weighted by molar-refractivity contribution is 0.0361. The molecular weight excluding hydrogens is 348 g/mol. The van der Waals surface area contributed by atoms with E-state index in [0.717, 1.165) is 26.9 Å². The number of hydrogen-bond donors (Lipinski definition) is 1. The summed E-state index contributed by atoms with van der Waals surface area (Å²) >= 11 is 9.71. The normalized spacial score (nSPS) is 30.7. The molecule has 1 N–H and O–H groups in total. The van der Waals surface area contributed by atoms with E-state index in [1.807, 2.05) is 18.2 Å². The molecule has 4 atom stereocenters. The summed E-state index contributed by atoms with van der Waals surface area (Å²) in [6.07, 6.45) is 9.79. The second kappa shape index (κ2) is 7.02. The van der Waals surface area contributed by atoms with Gasteiger partial charge in [0.2, 0.25) is 0 Å². The molecule has 0 bridgehead atoms. The second-order valence-corrected chi connectivity index (χ2v) is 8.21. The molecule has 0 spiro atoms. The molecule has 3 rings (SSSR count). The zero-order chi connectivity index (χ0) is 14.8. The molecule has 2 fully saturated rings. The molecule has 0 saturated heterocycles. The third-order valence-corrected chi connectivity index (χ3v) is 6.41. The van der Waals surface area contributed by atoms with Crippen molar-refractivity contribution in [2.75, 3.05) is 0 Å². The summed E-state index contributed by atoms with van der Waals surface area (Å²) in [5.41, 5.74) is 1.07. The highest BCUT2D eigenvalue weighted by molar-refractivity contribution is 9.10. The van der Waals surface area contributed by atoms with Crippen molar-refractivity contribution >= 4 is 27.5 Å². The largest absolute Gasteiger partial charge is 0.392 e. The van der Waals surface area contributed by atoms with Crippen LogP contribution in [-0.4, -0.2) is 11.2 Å². The number of rotatable bonds is 3. The Bertz CT molecular complexity index is 490. The minimum atomic E-state index is -0.244. The van der Waals surface area contributed by atoms with Crippen molar-refractivity contribution < 1.29 is 5.11 Å². The van der Waals surface area contributed by atoms with Crippen LogP contribution in [0.3, 0.4) is 0 Å². The first-order chi connectivity index (χ1) is 10.1. The second-order valence-electron chi connectivity index (χ2n) is 6.88. The molecule has 21 heavy (non-hydrogen) atoms. The summed E-state index contributed by atoms with van der Waals surface area (Å²) in [5, 5.41) is 11.4. The van der Waals surface area contributed by atoms with Crippen LogP contribution in [0.5, 0.6) is 0 Å². The van der Waals surface area contributed by atoms with Gasteiger partial charge in [-0.2, -0.15) is 0 Å². The summed E-state index contributed by atoms with van der Waals surface area (Å²) in [5.74, 6) is 2.27. The third kappa shape index (κ3) is 3.83. The van der Waals surface area contributed by atoms with Crippen molar-refractivity contribution in [3.8, 4) is 0 Å². The Morgan fingerprint density at radius 1 is 1.14 bits per heavy atom. The Kier molecular flexibility index (Phi) is 5.29. The van der Waals surface area contributed by atoms with Crippen LogP contribution in [0, 0.1) is 17.8 Å². The first-order valence-electron chi connectivity index (χ1n) is 8.25. The number of hydrogen-bond acceptors (Lipinski definition) is 1. The molecule has 0 aromatic heterocycles. The topological polar surface area (TPSA) is 20.2 Å². The van der Waals surface area contributed by atoms with Gasteiger partial charge < -0.3 is 5.11 Å². The number of halogens is 2. The highest BCUT2D eigenvalue weighted by atomic mass is 79.9. The fourth-order valence-electron chi connectivity index (χ4n) is 4.34. The fraction of sp³-hybridized carbons (Fsp3) is 0.667.